The maximum Gasteiger partial charge on any atom is 0.219 e. The first kappa shape index (κ1) is 11.1. The van der Waals surface area contributed by atoms with Crippen LogP contribution in [-0.2, 0) is 0 Å². The summed E-state index contributed by atoms with van der Waals surface area (Å²) in [4.78, 5) is 4.48. The molecule has 3 aromatic heterocycles. The van der Waals surface area contributed by atoms with E-state index in [-0.39, 0.29) is 0 Å². The Labute approximate surface area is 106 Å². The van der Waals surface area contributed by atoms with Crippen LogP contribution in [-0.4, -0.2) is 40.8 Å². The molecular weight excluding hydrogens is 246 g/mol. The summed E-state index contributed by atoms with van der Waals surface area (Å²) in [5, 5.41) is 26.2. The number of aromatic nitrogens is 7. The summed E-state index contributed by atoms with van der Waals surface area (Å²) in [6.45, 7) is 0. The Balaban J connectivity index is 0.000000117. The van der Waals surface area contributed by atoms with Crippen LogP contribution in [0.4, 0.5) is 0 Å². The lowest BCUT2D eigenvalue weighted by atomic mass is 10.3. The summed E-state index contributed by atoms with van der Waals surface area (Å²) in [6.07, 6.45) is 1.57. The highest BCUT2D eigenvalue weighted by molar-refractivity contribution is 5.72. The number of aromatic amines is 1. The molecule has 0 saturated carbocycles. The van der Waals surface area contributed by atoms with Crippen molar-refractivity contribution in [3.63, 3.8) is 0 Å². The molecule has 19 heavy (non-hydrogen) atoms. The normalized spacial score (nSPS) is 10.3. The first-order chi connectivity index (χ1) is 9.34. The lowest BCUT2D eigenvalue weighted by Gasteiger charge is -1.85. The molecule has 1 aromatic carbocycles. The standard InChI is InChI=1S/C6H5N3.C5H4N4O/c1-2-4-6-5(3-1)7-9-8-6;10-9-5-4(7-8-9)2-1-3-6-5/h1-4H,(H,7,8,9);1-3,10H. The number of fused-ring (bicyclic) bond motifs is 2. The lowest BCUT2D eigenvalue weighted by Crippen LogP contribution is -1.92. The first-order valence-corrected chi connectivity index (χ1v) is 5.46. The van der Waals surface area contributed by atoms with Gasteiger partial charge in [-0.15, -0.1) is 5.10 Å². The fourth-order valence-corrected chi connectivity index (χ4v) is 1.54. The zero-order valence-electron chi connectivity index (χ0n) is 9.67. The molecule has 0 saturated heterocycles. The molecule has 0 aliphatic rings. The van der Waals surface area contributed by atoms with Gasteiger partial charge >= 0.3 is 0 Å². The monoisotopic (exact) mass is 255 g/mol. The van der Waals surface area contributed by atoms with E-state index in [1.54, 1.807) is 18.3 Å². The van der Waals surface area contributed by atoms with Gasteiger partial charge in [-0.25, -0.2) is 4.98 Å². The summed E-state index contributed by atoms with van der Waals surface area (Å²) in [6, 6.07) is 11.2. The number of hydrogen-bond donors (Lipinski definition) is 2. The molecule has 94 valence electrons. The average Bonchev–Trinajstić information content (AvgIpc) is 3.07. The van der Waals surface area contributed by atoms with E-state index in [1.807, 2.05) is 24.3 Å². The van der Waals surface area contributed by atoms with Gasteiger partial charge in [-0.1, -0.05) is 17.0 Å². The Morgan fingerprint density at radius 2 is 1.63 bits per heavy atom. The van der Waals surface area contributed by atoms with Crippen LogP contribution >= 0.6 is 0 Å². The lowest BCUT2D eigenvalue weighted by molar-refractivity contribution is 0.153. The molecule has 4 rings (SSSR count). The topological polar surface area (TPSA) is 105 Å². The second kappa shape index (κ2) is 4.69. The molecule has 0 radical (unpaired) electrons. The van der Waals surface area contributed by atoms with Crippen molar-refractivity contribution in [1.29, 1.82) is 0 Å². The predicted molar refractivity (Wildman–Crippen MR) is 66.4 cm³/mol. The quantitative estimate of drug-likeness (QED) is 0.454. The van der Waals surface area contributed by atoms with Gasteiger partial charge in [0.25, 0.3) is 0 Å². The molecule has 8 heteroatoms. The van der Waals surface area contributed by atoms with E-state index in [4.69, 9.17) is 5.21 Å². The number of rotatable bonds is 0. The van der Waals surface area contributed by atoms with Crippen LogP contribution in [0.2, 0.25) is 0 Å². The van der Waals surface area contributed by atoms with Crippen molar-refractivity contribution >= 4 is 22.2 Å². The van der Waals surface area contributed by atoms with Gasteiger partial charge in [-0.05, 0) is 29.5 Å². The van der Waals surface area contributed by atoms with Crippen LogP contribution in [0.15, 0.2) is 42.6 Å². The molecular formula is C11H9N7O. The highest BCUT2D eigenvalue weighted by atomic mass is 16.5. The van der Waals surface area contributed by atoms with Gasteiger partial charge < -0.3 is 5.21 Å². The second-order valence-corrected chi connectivity index (χ2v) is 3.64. The molecule has 3 heterocycles. The molecule has 0 atom stereocenters. The fourth-order valence-electron chi connectivity index (χ4n) is 1.54. The summed E-state index contributed by atoms with van der Waals surface area (Å²) in [5.74, 6) is 0. The molecule has 0 aliphatic carbocycles. The number of H-pyrrole nitrogens is 1. The number of hydrogen-bond acceptors (Lipinski definition) is 6. The largest absolute Gasteiger partial charge is 0.409 e. The van der Waals surface area contributed by atoms with Crippen molar-refractivity contribution in [3.8, 4) is 0 Å². The van der Waals surface area contributed by atoms with Gasteiger partial charge in [0.2, 0.25) is 5.65 Å². The molecule has 4 aromatic rings. The summed E-state index contributed by atoms with van der Waals surface area (Å²) in [7, 11) is 0. The number of nitrogens with zero attached hydrogens (tertiary/aromatic N) is 6. The van der Waals surface area contributed by atoms with E-state index in [9.17, 15) is 0 Å². The third-order valence-electron chi connectivity index (χ3n) is 2.42. The van der Waals surface area contributed by atoms with E-state index >= 15 is 0 Å². The Morgan fingerprint density at radius 1 is 0.947 bits per heavy atom. The van der Waals surface area contributed by atoms with Crippen LogP contribution in [0.25, 0.3) is 22.2 Å². The molecule has 0 unspecified atom stereocenters. The molecule has 2 N–H and O–H groups in total. The minimum Gasteiger partial charge on any atom is -0.409 e. The summed E-state index contributed by atoms with van der Waals surface area (Å²) < 4.78 is 0. The molecule has 0 aliphatic heterocycles. The highest BCUT2D eigenvalue weighted by Gasteiger charge is 2.00. The SMILES string of the molecule is On1nnc2cccnc21.c1ccc2n[nH]nc2c1. The molecule has 0 fully saturated rings. The minimum atomic E-state index is 0.377. The Morgan fingerprint density at radius 3 is 2.32 bits per heavy atom. The Hall–Kier alpha value is -3.03. The number of nitrogens with one attached hydrogen (secondary N) is 1. The van der Waals surface area contributed by atoms with E-state index in [0.29, 0.717) is 16.0 Å². The van der Waals surface area contributed by atoms with Gasteiger partial charge in [-0.3, -0.25) is 0 Å². The van der Waals surface area contributed by atoms with Crippen molar-refractivity contribution in [2.24, 2.45) is 0 Å². The molecule has 0 spiro atoms. The zero-order chi connectivity index (χ0) is 13.1. The van der Waals surface area contributed by atoms with Gasteiger partial charge in [0.15, 0.2) is 0 Å². The smallest absolute Gasteiger partial charge is 0.219 e. The summed E-state index contributed by atoms with van der Waals surface area (Å²) in [5.41, 5.74) is 2.79. The van der Waals surface area contributed by atoms with Crippen molar-refractivity contribution in [1.82, 2.24) is 35.6 Å². The van der Waals surface area contributed by atoms with Crippen LogP contribution in [0, 0.1) is 0 Å². The Kier molecular flexibility index (Phi) is 2.73. The van der Waals surface area contributed by atoms with Gasteiger partial charge in [0.05, 0.1) is 0 Å². The van der Waals surface area contributed by atoms with Gasteiger partial charge in [0.1, 0.15) is 16.6 Å². The van der Waals surface area contributed by atoms with E-state index in [1.165, 1.54) is 0 Å². The van der Waals surface area contributed by atoms with Crippen molar-refractivity contribution in [3.05, 3.63) is 42.6 Å². The van der Waals surface area contributed by atoms with Crippen molar-refractivity contribution in [2.45, 2.75) is 0 Å². The minimum absolute atomic E-state index is 0.377. The Bertz CT molecular complexity index is 776. The molecule has 0 amide bonds. The number of pyridine rings is 1. The summed E-state index contributed by atoms with van der Waals surface area (Å²) >= 11 is 0. The van der Waals surface area contributed by atoms with Gasteiger partial charge in [0, 0.05) is 6.20 Å². The first-order valence-electron chi connectivity index (χ1n) is 5.46. The maximum atomic E-state index is 8.89. The van der Waals surface area contributed by atoms with E-state index in [2.05, 4.69) is 30.7 Å². The van der Waals surface area contributed by atoms with Crippen molar-refractivity contribution < 1.29 is 5.21 Å². The van der Waals surface area contributed by atoms with Crippen LogP contribution < -0.4 is 0 Å². The average molecular weight is 255 g/mol. The van der Waals surface area contributed by atoms with E-state index in [0.717, 1.165) is 11.0 Å². The number of benzene rings is 1. The third kappa shape index (κ3) is 2.18. The van der Waals surface area contributed by atoms with Crippen LogP contribution in [0.5, 0.6) is 0 Å². The van der Waals surface area contributed by atoms with E-state index < -0.39 is 0 Å². The second-order valence-electron chi connectivity index (χ2n) is 3.64. The highest BCUT2D eigenvalue weighted by Crippen LogP contribution is 2.04. The van der Waals surface area contributed by atoms with Gasteiger partial charge in [-0.2, -0.15) is 15.4 Å². The van der Waals surface area contributed by atoms with Crippen LogP contribution in [0.1, 0.15) is 0 Å². The third-order valence-corrected chi connectivity index (χ3v) is 2.42. The fraction of sp³-hybridized carbons (Fsp3) is 0. The molecule has 8 nitrogen and oxygen atoms in total. The van der Waals surface area contributed by atoms with Crippen LogP contribution in [0.3, 0.4) is 0 Å². The molecule has 0 bridgehead atoms. The maximum absolute atomic E-state index is 8.89. The predicted octanol–water partition coefficient (Wildman–Crippen LogP) is 1.02. The van der Waals surface area contributed by atoms with Crippen molar-refractivity contribution in [2.75, 3.05) is 0 Å². The zero-order valence-corrected chi connectivity index (χ0v) is 9.67. The number of para-hydroxylation sites is 2.